The van der Waals surface area contributed by atoms with Gasteiger partial charge < -0.3 is 9.64 Å². The minimum absolute atomic E-state index is 0.0112. The summed E-state index contributed by atoms with van der Waals surface area (Å²) in [6, 6.07) is 1.30. The number of rotatable bonds is 7. The van der Waals surface area contributed by atoms with E-state index in [2.05, 4.69) is 15.5 Å². The molecule has 1 atom stereocenters. The number of ether oxygens (including phenoxy) is 1. The maximum Gasteiger partial charge on any atom is 0.414 e. The molecule has 0 spiro atoms. The van der Waals surface area contributed by atoms with Gasteiger partial charge in [-0.3, -0.25) is 19.8 Å². The van der Waals surface area contributed by atoms with E-state index in [0.717, 1.165) is 33.4 Å². The molecule has 1 aromatic carbocycles. The number of amides is 3. The number of halogens is 4. The van der Waals surface area contributed by atoms with Crippen LogP contribution in [0.5, 0.6) is 0 Å². The van der Waals surface area contributed by atoms with Crippen molar-refractivity contribution in [3.05, 3.63) is 29.3 Å². The lowest BCUT2D eigenvalue weighted by Gasteiger charge is -2.24. The molecule has 0 bridgehead atoms. The van der Waals surface area contributed by atoms with Gasteiger partial charge in [0.15, 0.2) is 17.4 Å². The molecular formula is C20H20F4N6O5S. The summed E-state index contributed by atoms with van der Waals surface area (Å²) in [7, 11) is 0. The minimum atomic E-state index is -3.12. The molecule has 2 saturated heterocycles. The van der Waals surface area contributed by atoms with Gasteiger partial charge in [0.25, 0.3) is 6.43 Å². The molecule has 0 saturated carbocycles. The van der Waals surface area contributed by atoms with Gasteiger partial charge in [-0.05, 0) is 6.42 Å². The summed E-state index contributed by atoms with van der Waals surface area (Å²) >= 11 is 1.11. The minimum Gasteiger partial charge on any atom is -0.444 e. The fourth-order valence-electron chi connectivity index (χ4n) is 3.72. The van der Waals surface area contributed by atoms with Crippen LogP contribution < -0.4 is 15.1 Å². The van der Waals surface area contributed by atoms with E-state index in [9.17, 15) is 23.2 Å². The number of aromatic nitrogens is 2. The zero-order valence-corrected chi connectivity index (χ0v) is 19.4. The van der Waals surface area contributed by atoms with Crippen LogP contribution in [0, 0.1) is 11.6 Å². The summed E-state index contributed by atoms with van der Waals surface area (Å²) in [6.07, 6.45) is -5.51. The number of hydrogen-bond donors (Lipinski definition) is 1. The first-order valence-electron chi connectivity index (χ1n) is 10.7. The quantitative estimate of drug-likeness (QED) is 0.541. The van der Waals surface area contributed by atoms with Gasteiger partial charge in [-0.25, -0.2) is 32.2 Å². The largest absolute Gasteiger partial charge is 0.444 e. The lowest BCUT2D eigenvalue weighted by molar-refractivity contribution is -0.129. The van der Waals surface area contributed by atoms with Crippen LogP contribution >= 0.6 is 11.3 Å². The number of Topliss-reactive ketones (excluding diaryl/α,β-unsaturated/α-hetero) is 1. The van der Waals surface area contributed by atoms with Crippen molar-refractivity contribution in [1.82, 2.24) is 15.3 Å². The van der Waals surface area contributed by atoms with Crippen LogP contribution in [0.15, 0.2) is 17.6 Å². The van der Waals surface area contributed by atoms with E-state index in [4.69, 9.17) is 9.57 Å². The fraction of sp³-hybridized carbons (Fsp3) is 0.450. The number of hydrogen-bond acceptors (Lipinski definition) is 9. The van der Waals surface area contributed by atoms with Crippen LogP contribution in [-0.2, 0) is 14.4 Å². The molecule has 2 aliphatic heterocycles. The van der Waals surface area contributed by atoms with Crippen LogP contribution in [0.2, 0.25) is 0 Å². The van der Waals surface area contributed by atoms with Crippen molar-refractivity contribution in [1.29, 1.82) is 0 Å². The number of benzene rings is 1. The molecule has 36 heavy (non-hydrogen) atoms. The van der Waals surface area contributed by atoms with E-state index in [1.54, 1.807) is 0 Å². The Labute approximate surface area is 205 Å². The van der Waals surface area contributed by atoms with Gasteiger partial charge in [0.1, 0.15) is 17.3 Å². The molecule has 2 aliphatic rings. The first-order valence-corrected chi connectivity index (χ1v) is 11.6. The van der Waals surface area contributed by atoms with Gasteiger partial charge in [-0.1, -0.05) is 11.3 Å². The predicted octanol–water partition coefficient (Wildman–Crippen LogP) is 3.04. The average molecular weight is 532 g/mol. The van der Waals surface area contributed by atoms with E-state index >= 15 is 8.78 Å². The second-order valence-corrected chi connectivity index (χ2v) is 8.61. The van der Waals surface area contributed by atoms with Crippen molar-refractivity contribution in [2.75, 3.05) is 47.9 Å². The third kappa shape index (κ3) is 5.81. The Balaban J connectivity index is 1.40. The Morgan fingerprint density at radius 1 is 1.19 bits per heavy atom. The molecule has 2 aromatic rings. The third-order valence-electron chi connectivity index (χ3n) is 5.44. The standard InChI is InChI=1S/C20H20F4N6O5S/c21-13-7-11(29-9-12(35-20(29)33)1-2-15(31)17(23)24)8-14(22)16(13)28-3-4-30(34-6-5-28)19(32)26-18-27-25-10-36-18/h7-8,10,12,17H,1-6,9H2,(H,26,27,32)/t12-/m0/s1. The second-order valence-electron chi connectivity index (χ2n) is 7.78. The lowest BCUT2D eigenvalue weighted by atomic mass is 10.1. The molecule has 3 heterocycles. The lowest BCUT2D eigenvalue weighted by Crippen LogP contribution is -2.37. The molecule has 194 valence electrons. The van der Waals surface area contributed by atoms with Gasteiger partial charge in [0.05, 0.1) is 25.4 Å². The Morgan fingerprint density at radius 3 is 2.61 bits per heavy atom. The van der Waals surface area contributed by atoms with Gasteiger partial charge in [-0.15, -0.1) is 10.2 Å². The average Bonchev–Trinajstić information content (AvgIpc) is 3.40. The highest BCUT2D eigenvalue weighted by Gasteiger charge is 2.34. The van der Waals surface area contributed by atoms with Crippen LogP contribution in [0.4, 0.5) is 43.7 Å². The van der Waals surface area contributed by atoms with Crippen molar-refractivity contribution in [3.8, 4) is 0 Å². The number of anilines is 3. The summed E-state index contributed by atoms with van der Waals surface area (Å²) in [4.78, 5) is 43.3. The first-order chi connectivity index (χ1) is 17.2. The van der Waals surface area contributed by atoms with Crippen LogP contribution in [-0.4, -0.2) is 78.5 Å². The van der Waals surface area contributed by atoms with Gasteiger partial charge in [-0.2, -0.15) is 0 Å². The summed E-state index contributed by atoms with van der Waals surface area (Å²) in [5, 5.41) is 11.1. The summed E-state index contributed by atoms with van der Waals surface area (Å²) in [6.45, 7) is -0.0846. The van der Waals surface area contributed by atoms with Crippen LogP contribution in [0.25, 0.3) is 0 Å². The first kappa shape index (κ1) is 25.6. The number of carbonyl (C=O) groups excluding carboxylic acids is 3. The molecule has 11 nitrogen and oxygen atoms in total. The molecule has 2 fully saturated rings. The smallest absolute Gasteiger partial charge is 0.414 e. The number of nitrogens with zero attached hydrogens (tertiary/aromatic N) is 5. The molecule has 16 heteroatoms. The van der Waals surface area contributed by atoms with E-state index in [1.807, 2.05) is 0 Å². The topological polar surface area (TPSA) is 117 Å². The number of hydroxylamine groups is 2. The molecule has 3 amide bonds. The number of cyclic esters (lactones) is 1. The van der Waals surface area contributed by atoms with Crippen molar-refractivity contribution in [2.45, 2.75) is 25.4 Å². The van der Waals surface area contributed by atoms with Gasteiger partial charge in [0.2, 0.25) is 5.13 Å². The zero-order chi connectivity index (χ0) is 25.8. The fourth-order valence-corrected chi connectivity index (χ4v) is 4.15. The monoisotopic (exact) mass is 532 g/mol. The van der Waals surface area contributed by atoms with E-state index in [0.29, 0.717) is 0 Å². The zero-order valence-electron chi connectivity index (χ0n) is 18.5. The highest BCUT2D eigenvalue weighted by atomic mass is 32.1. The van der Waals surface area contributed by atoms with Crippen LogP contribution in [0.3, 0.4) is 0 Å². The Hall–Kier alpha value is -3.53. The van der Waals surface area contributed by atoms with E-state index < -0.39 is 48.5 Å². The molecule has 0 unspecified atom stereocenters. The van der Waals surface area contributed by atoms with Crippen molar-refractivity contribution < 1.29 is 41.5 Å². The molecular weight excluding hydrogens is 512 g/mol. The number of ketones is 1. The highest BCUT2D eigenvalue weighted by Crippen LogP contribution is 2.32. The number of nitrogens with one attached hydrogen (secondary N) is 1. The Bertz CT molecular complexity index is 1100. The van der Waals surface area contributed by atoms with E-state index in [1.165, 1.54) is 10.4 Å². The molecule has 0 aliphatic carbocycles. The number of carbonyl (C=O) groups is 3. The Morgan fingerprint density at radius 2 is 1.94 bits per heavy atom. The predicted molar refractivity (Wildman–Crippen MR) is 118 cm³/mol. The molecule has 4 rings (SSSR count). The van der Waals surface area contributed by atoms with Gasteiger partial charge in [0, 0.05) is 31.6 Å². The molecule has 1 N–H and O–H groups in total. The summed E-state index contributed by atoms with van der Waals surface area (Å²) < 4.78 is 59.8. The van der Waals surface area contributed by atoms with Crippen molar-refractivity contribution in [3.63, 3.8) is 0 Å². The number of alkyl halides is 2. The second kappa shape index (κ2) is 11.0. The molecule has 0 radical (unpaired) electrons. The van der Waals surface area contributed by atoms with Gasteiger partial charge >= 0.3 is 12.1 Å². The SMILES string of the molecule is O=C(CC[C@H]1CN(c2cc(F)c(N3CCON(C(=O)Nc4nncs4)CC3)c(F)c2)C(=O)O1)C(F)F. The summed E-state index contributed by atoms with van der Waals surface area (Å²) in [5.74, 6) is -3.19. The highest BCUT2D eigenvalue weighted by molar-refractivity contribution is 7.13. The maximum absolute atomic E-state index is 15.0. The van der Waals surface area contributed by atoms with E-state index in [-0.39, 0.29) is 55.7 Å². The number of urea groups is 1. The summed E-state index contributed by atoms with van der Waals surface area (Å²) in [5.41, 5.74) is 0.956. The molecule has 1 aromatic heterocycles. The normalized spacial score (nSPS) is 18.4. The van der Waals surface area contributed by atoms with Crippen molar-refractivity contribution in [2.24, 2.45) is 0 Å². The Kier molecular flexibility index (Phi) is 7.83. The van der Waals surface area contributed by atoms with Crippen LogP contribution in [0.1, 0.15) is 12.8 Å². The third-order valence-corrected chi connectivity index (χ3v) is 6.05. The maximum atomic E-state index is 15.0. The van der Waals surface area contributed by atoms with Crippen molar-refractivity contribution >= 4 is 45.8 Å².